The van der Waals surface area contributed by atoms with Crippen LogP contribution in [-0.4, -0.2) is 10.1 Å². The van der Waals surface area contributed by atoms with Gasteiger partial charge in [0, 0.05) is 23.5 Å². The number of benzene rings is 1. The van der Waals surface area contributed by atoms with E-state index in [0.717, 1.165) is 41.6 Å². The lowest BCUT2D eigenvalue weighted by Gasteiger charge is -2.24. The van der Waals surface area contributed by atoms with Crippen molar-refractivity contribution in [2.75, 3.05) is 0 Å². The number of unbranched alkanes of at least 4 members (excludes halogenated alkanes) is 1. The number of aliphatic hydroxyl groups excluding tert-OH is 1. The summed E-state index contributed by atoms with van der Waals surface area (Å²) in [5.41, 5.74) is 13.7. The summed E-state index contributed by atoms with van der Waals surface area (Å²) in [6, 6.07) is 8.45. The van der Waals surface area contributed by atoms with Crippen molar-refractivity contribution in [1.82, 2.24) is 4.98 Å². The number of aliphatic hydroxyl groups is 1. The highest BCUT2D eigenvalue weighted by molar-refractivity contribution is 5.73. The summed E-state index contributed by atoms with van der Waals surface area (Å²) in [7, 11) is 0. The minimum Gasteiger partial charge on any atom is -0.392 e. The molecule has 3 N–H and O–H groups in total. The van der Waals surface area contributed by atoms with Gasteiger partial charge in [0.1, 0.15) is 0 Å². The van der Waals surface area contributed by atoms with Crippen molar-refractivity contribution in [1.29, 1.82) is 0 Å². The first-order valence-corrected chi connectivity index (χ1v) is 9.90. The van der Waals surface area contributed by atoms with E-state index >= 15 is 0 Å². The summed E-state index contributed by atoms with van der Waals surface area (Å²) < 4.78 is 0. The van der Waals surface area contributed by atoms with E-state index in [2.05, 4.69) is 58.9 Å². The molecule has 3 heteroatoms. The SMILES string of the molecule is CCCCc1c(C(C)C)nc(C(C)C)c(CO)c1-c1ccc(CN)cc1. The first-order chi connectivity index (χ1) is 12.4. The molecule has 0 aliphatic heterocycles. The van der Waals surface area contributed by atoms with Gasteiger partial charge in [0.05, 0.1) is 6.61 Å². The molecular weight excluding hydrogens is 320 g/mol. The van der Waals surface area contributed by atoms with Gasteiger partial charge in [0.2, 0.25) is 0 Å². The van der Waals surface area contributed by atoms with Crippen molar-refractivity contribution < 1.29 is 5.11 Å². The Hall–Kier alpha value is -1.71. The lowest BCUT2D eigenvalue weighted by atomic mass is 9.85. The van der Waals surface area contributed by atoms with Crippen LogP contribution in [0.5, 0.6) is 0 Å². The van der Waals surface area contributed by atoms with Gasteiger partial charge in [-0.1, -0.05) is 65.3 Å². The average molecular weight is 355 g/mol. The van der Waals surface area contributed by atoms with Crippen LogP contribution in [-0.2, 0) is 19.6 Å². The van der Waals surface area contributed by atoms with Crippen molar-refractivity contribution in [2.24, 2.45) is 5.73 Å². The van der Waals surface area contributed by atoms with Gasteiger partial charge in [0.15, 0.2) is 0 Å². The monoisotopic (exact) mass is 354 g/mol. The number of aromatic nitrogens is 1. The molecule has 1 aromatic heterocycles. The van der Waals surface area contributed by atoms with Gasteiger partial charge in [-0.25, -0.2) is 0 Å². The van der Waals surface area contributed by atoms with Crippen LogP contribution in [0.2, 0.25) is 0 Å². The molecule has 2 rings (SSSR count). The van der Waals surface area contributed by atoms with E-state index < -0.39 is 0 Å². The highest BCUT2D eigenvalue weighted by atomic mass is 16.3. The lowest BCUT2D eigenvalue weighted by molar-refractivity contribution is 0.279. The van der Waals surface area contributed by atoms with Crippen molar-refractivity contribution in [3.05, 3.63) is 52.3 Å². The molecule has 142 valence electrons. The fourth-order valence-corrected chi connectivity index (χ4v) is 3.58. The van der Waals surface area contributed by atoms with Gasteiger partial charge in [-0.2, -0.15) is 0 Å². The van der Waals surface area contributed by atoms with E-state index in [1.165, 1.54) is 16.8 Å². The fourth-order valence-electron chi connectivity index (χ4n) is 3.58. The maximum Gasteiger partial charge on any atom is 0.0705 e. The summed E-state index contributed by atoms with van der Waals surface area (Å²) in [5, 5.41) is 10.2. The third-order valence-corrected chi connectivity index (χ3v) is 4.97. The maximum atomic E-state index is 10.2. The third kappa shape index (κ3) is 4.33. The number of hydrogen-bond acceptors (Lipinski definition) is 3. The summed E-state index contributed by atoms with van der Waals surface area (Å²) in [6.45, 7) is 11.5. The van der Waals surface area contributed by atoms with Crippen molar-refractivity contribution in [2.45, 2.75) is 78.9 Å². The first-order valence-electron chi connectivity index (χ1n) is 9.90. The van der Waals surface area contributed by atoms with Crippen LogP contribution in [0.15, 0.2) is 24.3 Å². The van der Waals surface area contributed by atoms with Gasteiger partial charge < -0.3 is 10.8 Å². The molecule has 0 spiro atoms. The average Bonchev–Trinajstić information content (AvgIpc) is 2.64. The molecule has 3 nitrogen and oxygen atoms in total. The molecule has 0 bridgehead atoms. The van der Waals surface area contributed by atoms with Crippen LogP contribution < -0.4 is 5.73 Å². The van der Waals surface area contributed by atoms with E-state index in [4.69, 9.17) is 10.7 Å². The van der Waals surface area contributed by atoms with Gasteiger partial charge in [0.25, 0.3) is 0 Å². The molecule has 0 unspecified atom stereocenters. The molecule has 0 atom stereocenters. The van der Waals surface area contributed by atoms with E-state index in [1.807, 2.05) is 0 Å². The molecule has 26 heavy (non-hydrogen) atoms. The molecule has 0 aliphatic rings. The van der Waals surface area contributed by atoms with Gasteiger partial charge >= 0.3 is 0 Å². The number of hydrogen-bond donors (Lipinski definition) is 2. The van der Waals surface area contributed by atoms with Gasteiger partial charge in [-0.3, -0.25) is 4.98 Å². The molecule has 0 aliphatic carbocycles. The Morgan fingerprint density at radius 3 is 2.00 bits per heavy atom. The van der Waals surface area contributed by atoms with Crippen LogP contribution in [0.25, 0.3) is 11.1 Å². The highest BCUT2D eigenvalue weighted by Crippen LogP contribution is 2.37. The Labute approximate surface area is 158 Å². The van der Waals surface area contributed by atoms with Crippen molar-refractivity contribution >= 4 is 0 Å². The molecule has 2 aromatic rings. The van der Waals surface area contributed by atoms with E-state index in [-0.39, 0.29) is 12.5 Å². The number of pyridine rings is 1. The molecule has 0 fully saturated rings. The van der Waals surface area contributed by atoms with E-state index in [9.17, 15) is 5.11 Å². The molecule has 0 saturated carbocycles. The summed E-state index contributed by atoms with van der Waals surface area (Å²) in [4.78, 5) is 5.04. The third-order valence-electron chi connectivity index (χ3n) is 4.97. The predicted octanol–water partition coefficient (Wildman–Crippen LogP) is 5.29. The molecule has 0 saturated heterocycles. The molecular formula is C23H34N2O. The smallest absolute Gasteiger partial charge is 0.0705 e. The van der Waals surface area contributed by atoms with Crippen LogP contribution in [0.4, 0.5) is 0 Å². The second-order valence-corrected chi connectivity index (χ2v) is 7.69. The first kappa shape index (κ1) is 20.6. The molecule has 1 aromatic carbocycles. The Bertz CT molecular complexity index is 718. The van der Waals surface area contributed by atoms with Crippen LogP contribution in [0.3, 0.4) is 0 Å². The molecule has 1 heterocycles. The quantitative estimate of drug-likeness (QED) is 0.677. The number of rotatable bonds is 8. The van der Waals surface area contributed by atoms with Crippen LogP contribution >= 0.6 is 0 Å². The second kappa shape index (κ2) is 9.29. The van der Waals surface area contributed by atoms with Crippen LogP contribution in [0.1, 0.15) is 87.4 Å². The molecule has 0 amide bonds. The zero-order chi connectivity index (χ0) is 19.3. The summed E-state index contributed by atoms with van der Waals surface area (Å²) >= 11 is 0. The minimum absolute atomic E-state index is 0.0198. The largest absolute Gasteiger partial charge is 0.392 e. The Balaban J connectivity index is 2.80. The zero-order valence-electron chi connectivity index (χ0n) is 17.0. The Morgan fingerprint density at radius 1 is 0.962 bits per heavy atom. The maximum absolute atomic E-state index is 10.2. The van der Waals surface area contributed by atoms with Gasteiger partial charge in [-0.15, -0.1) is 0 Å². The fraction of sp³-hybridized carbons (Fsp3) is 0.522. The second-order valence-electron chi connectivity index (χ2n) is 7.69. The van der Waals surface area contributed by atoms with E-state index in [0.29, 0.717) is 12.5 Å². The Morgan fingerprint density at radius 2 is 1.54 bits per heavy atom. The summed E-state index contributed by atoms with van der Waals surface area (Å²) in [6.07, 6.45) is 3.26. The topological polar surface area (TPSA) is 59.1 Å². The Kier molecular flexibility index (Phi) is 7.36. The lowest BCUT2D eigenvalue weighted by Crippen LogP contribution is -2.12. The van der Waals surface area contributed by atoms with Gasteiger partial charge in [-0.05, 0) is 46.9 Å². The standard InChI is InChI=1S/C23H34N2O/c1-6-7-8-19-21(18-11-9-17(13-24)10-12-18)20(14-26)23(16(4)5)25-22(19)15(2)3/h9-12,15-16,26H,6-8,13-14,24H2,1-5H3. The van der Waals surface area contributed by atoms with Crippen LogP contribution in [0, 0.1) is 0 Å². The van der Waals surface area contributed by atoms with E-state index in [1.54, 1.807) is 0 Å². The number of nitrogens with two attached hydrogens (primary N) is 1. The number of nitrogens with zero attached hydrogens (tertiary/aromatic N) is 1. The highest BCUT2D eigenvalue weighted by Gasteiger charge is 2.22. The predicted molar refractivity (Wildman–Crippen MR) is 110 cm³/mol. The normalized spacial score (nSPS) is 11.6. The minimum atomic E-state index is 0.0198. The summed E-state index contributed by atoms with van der Waals surface area (Å²) in [5.74, 6) is 0.631. The molecule has 0 radical (unpaired) electrons. The van der Waals surface area contributed by atoms with Crippen molar-refractivity contribution in [3.8, 4) is 11.1 Å². The van der Waals surface area contributed by atoms with Crippen molar-refractivity contribution in [3.63, 3.8) is 0 Å². The zero-order valence-corrected chi connectivity index (χ0v) is 17.0.